The molecule has 1 saturated heterocycles. The van der Waals surface area contributed by atoms with Crippen LogP contribution in [0.5, 0.6) is 5.75 Å². The Morgan fingerprint density at radius 1 is 1.12 bits per heavy atom. The number of benzene rings is 1. The minimum atomic E-state index is -4.63. The Morgan fingerprint density at radius 3 is 2.57 bits per heavy atom. The number of alkyl carbamates (subject to hydrolysis) is 1. The first-order valence-corrected chi connectivity index (χ1v) is 20.8. The summed E-state index contributed by atoms with van der Waals surface area (Å²) in [4.78, 5) is 61.5. The molecule has 0 radical (unpaired) electrons. The number of hydrogen-bond acceptors (Lipinski definition) is 9. The molecule has 2 fully saturated rings. The molecule has 3 N–H and O–H groups in total. The molecule has 17 heteroatoms. The number of fused-ring (bicyclic) bond motifs is 4. The Morgan fingerprint density at radius 2 is 1.88 bits per heavy atom. The predicted octanol–water partition coefficient (Wildman–Crippen LogP) is 5.37. The molecule has 4 amide bonds. The zero-order chi connectivity index (χ0) is 40.6. The highest BCUT2D eigenvalue weighted by Crippen LogP contribution is 2.46. The van der Waals surface area contributed by atoms with E-state index in [0.717, 1.165) is 12.5 Å². The van der Waals surface area contributed by atoms with Crippen LogP contribution in [0.15, 0.2) is 30.4 Å². The molecule has 2 aromatic rings. The topological polar surface area (TPSA) is 173 Å². The summed E-state index contributed by atoms with van der Waals surface area (Å²) in [5.74, 6) is -1.92. The SMILES string of the molecule is Cc1nc2c(C(F)(F)F)cccc2c2c1OC1(CC2)CC2C(=O)NC(C)(C(=O)NS(=O)(=O)C3CC3)CC=CCCCCCC(NC(=O)OCC(C)C)C(=O)N2C1. The molecule has 1 aliphatic carbocycles. The number of sulfonamides is 1. The fraction of sp³-hybridized carbons (Fsp3) is 0.615. The van der Waals surface area contributed by atoms with Crippen LogP contribution < -0.4 is 20.1 Å². The summed E-state index contributed by atoms with van der Waals surface area (Å²) >= 11 is 0. The van der Waals surface area contributed by atoms with Crippen LogP contribution in [0.4, 0.5) is 18.0 Å². The van der Waals surface area contributed by atoms with Crippen molar-refractivity contribution in [2.24, 2.45) is 5.92 Å². The molecule has 1 spiro atoms. The number of allylic oxidation sites excluding steroid dienone is 1. The number of rotatable bonds is 6. The maximum absolute atomic E-state index is 14.6. The molecule has 4 heterocycles. The lowest BCUT2D eigenvalue weighted by Crippen LogP contribution is -2.61. The van der Waals surface area contributed by atoms with Crippen LogP contribution in [-0.2, 0) is 41.7 Å². The number of aryl methyl sites for hydroxylation is 2. The number of hydrogen-bond donors (Lipinski definition) is 3. The predicted molar refractivity (Wildman–Crippen MR) is 200 cm³/mol. The number of para-hydroxylation sites is 1. The summed E-state index contributed by atoms with van der Waals surface area (Å²) in [5, 5.41) is 5.08. The molecule has 1 aromatic carbocycles. The van der Waals surface area contributed by atoms with Crippen molar-refractivity contribution >= 4 is 44.7 Å². The van der Waals surface area contributed by atoms with Crippen LogP contribution in [0.25, 0.3) is 10.9 Å². The molecular formula is C39H50F3N5O8S. The van der Waals surface area contributed by atoms with Crippen molar-refractivity contribution in [3.8, 4) is 5.75 Å². The summed E-state index contributed by atoms with van der Waals surface area (Å²) in [6.45, 7) is 6.72. The van der Waals surface area contributed by atoms with Gasteiger partial charge in [-0.1, -0.05) is 51.0 Å². The zero-order valence-corrected chi connectivity index (χ0v) is 32.9. The number of halogens is 3. The molecule has 3 aliphatic heterocycles. The van der Waals surface area contributed by atoms with Crippen molar-refractivity contribution in [2.45, 2.75) is 133 Å². The highest BCUT2D eigenvalue weighted by Gasteiger charge is 2.54. The molecule has 0 bridgehead atoms. The van der Waals surface area contributed by atoms with E-state index in [-0.39, 0.29) is 73.5 Å². The molecule has 6 rings (SSSR count). The third-order valence-corrected chi connectivity index (χ3v) is 12.8. The number of carbonyl (C=O) groups excluding carboxylic acids is 4. The van der Waals surface area contributed by atoms with E-state index in [2.05, 4.69) is 20.3 Å². The minimum Gasteiger partial charge on any atom is -0.483 e. The van der Waals surface area contributed by atoms with Gasteiger partial charge in [0.2, 0.25) is 21.8 Å². The van der Waals surface area contributed by atoms with Gasteiger partial charge in [-0.05, 0) is 77.2 Å². The Labute approximate surface area is 324 Å². The maximum atomic E-state index is 14.6. The van der Waals surface area contributed by atoms with E-state index in [4.69, 9.17) is 9.47 Å². The van der Waals surface area contributed by atoms with Gasteiger partial charge in [-0.25, -0.2) is 18.2 Å². The van der Waals surface area contributed by atoms with Gasteiger partial charge in [-0.2, -0.15) is 13.2 Å². The van der Waals surface area contributed by atoms with Crippen molar-refractivity contribution in [3.63, 3.8) is 0 Å². The average Bonchev–Trinajstić information content (AvgIpc) is 3.93. The van der Waals surface area contributed by atoms with Gasteiger partial charge in [0.1, 0.15) is 29.0 Å². The largest absolute Gasteiger partial charge is 0.483 e. The summed E-state index contributed by atoms with van der Waals surface area (Å²) < 4.78 is 81.8. The van der Waals surface area contributed by atoms with E-state index in [0.29, 0.717) is 37.7 Å². The number of pyridine rings is 1. The first kappa shape index (κ1) is 41.2. The number of amides is 4. The van der Waals surface area contributed by atoms with Gasteiger partial charge in [0.15, 0.2) is 0 Å². The van der Waals surface area contributed by atoms with Gasteiger partial charge in [0, 0.05) is 17.4 Å². The van der Waals surface area contributed by atoms with Crippen LogP contribution in [-0.4, -0.2) is 83.7 Å². The third kappa shape index (κ3) is 8.92. The lowest BCUT2D eigenvalue weighted by molar-refractivity contribution is -0.142. The number of carbonyl (C=O) groups is 4. The van der Waals surface area contributed by atoms with Gasteiger partial charge in [0.05, 0.1) is 35.2 Å². The van der Waals surface area contributed by atoms with Crippen molar-refractivity contribution in [3.05, 3.63) is 47.2 Å². The fourth-order valence-corrected chi connectivity index (χ4v) is 9.14. The first-order chi connectivity index (χ1) is 26.3. The quantitative estimate of drug-likeness (QED) is 0.325. The van der Waals surface area contributed by atoms with Gasteiger partial charge in [0.25, 0.3) is 5.91 Å². The van der Waals surface area contributed by atoms with E-state index >= 15 is 0 Å². The lowest BCUT2D eigenvalue weighted by Gasteiger charge is -2.37. The zero-order valence-electron chi connectivity index (χ0n) is 32.1. The highest BCUT2D eigenvalue weighted by molar-refractivity contribution is 7.91. The van der Waals surface area contributed by atoms with Crippen LogP contribution >= 0.6 is 0 Å². The Kier molecular flexibility index (Phi) is 11.7. The van der Waals surface area contributed by atoms with Crippen molar-refractivity contribution in [1.29, 1.82) is 0 Å². The van der Waals surface area contributed by atoms with E-state index in [1.165, 1.54) is 17.9 Å². The second-order valence-corrected chi connectivity index (χ2v) is 18.1. The van der Waals surface area contributed by atoms with E-state index in [1.807, 2.05) is 19.9 Å². The fourth-order valence-electron chi connectivity index (χ4n) is 7.74. The average molecular weight is 806 g/mol. The maximum Gasteiger partial charge on any atom is 0.418 e. The highest BCUT2D eigenvalue weighted by atomic mass is 32.2. The second kappa shape index (κ2) is 15.9. The lowest BCUT2D eigenvalue weighted by atomic mass is 9.86. The van der Waals surface area contributed by atoms with E-state index in [9.17, 15) is 40.8 Å². The molecule has 1 aromatic heterocycles. The molecular weight excluding hydrogens is 756 g/mol. The molecule has 4 atom stereocenters. The molecule has 306 valence electrons. The van der Waals surface area contributed by atoms with Gasteiger partial charge in [-0.3, -0.25) is 19.1 Å². The van der Waals surface area contributed by atoms with Crippen LogP contribution in [0.1, 0.15) is 102 Å². The van der Waals surface area contributed by atoms with Gasteiger partial charge >= 0.3 is 12.3 Å². The Bertz CT molecular complexity index is 2020. The van der Waals surface area contributed by atoms with Crippen LogP contribution in [0.3, 0.4) is 0 Å². The normalized spacial score (nSPS) is 26.5. The number of nitrogens with one attached hydrogen (secondary N) is 3. The number of ether oxygens (including phenoxy) is 2. The van der Waals surface area contributed by atoms with E-state index < -0.39 is 74.1 Å². The summed E-state index contributed by atoms with van der Waals surface area (Å²) in [6, 6.07) is 1.54. The van der Waals surface area contributed by atoms with E-state index in [1.54, 1.807) is 19.1 Å². The number of nitrogens with zero attached hydrogens (tertiary/aromatic N) is 2. The molecule has 4 aliphatic rings. The Hall–Kier alpha value is -4.41. The number of aromatic nitrogens is 1. The molecule has 56 heavy (non-hydrogen) atoms. The van der Waals surface area contributed by atoms with Crippen molar-refractivity contribution in [2.75, 3.05) is 13.2 Å². The summed E-state index contributed by atoms with van der Waals surface area (Å²) in [7, 11) is -3.97. The number of alkyl halides is 3. The summed E-state index contributed by atoms with van der Waals surface area (Å²) in [5.41, 5.74) is -3.26. The van der Waals surface area contributed by atoms with Gasteiger partial charge in [-0.15, -0.1) is 0 Å². The van der Waals surface area contributed by atoms with Crippen LogP contribution in [0, 0.1) is 12.8 Å². The molecule has 1 saturated carbocycles. The Balaban J connectivity index is 1.37. The molecule has 4 unspecified atom stereocenters. The van der Waals surface area contributed by atoms with Crippen molar-refractivity contribution in [1.82, 2.24) is 25.2 Å². The summed E-state index contributed by atoms with van der Waals surface area (Å²) in [6.07, 6.45) is 2.24. The smallest absolute Gasteiger partial charge is 0.418 e. The van der Waals surface area contributed by atoms with Crippen molar-refractivity contribution < 1.29 is 50.2 Å². The van der Waals surface area contributed by atoms with Crippen LogP contribution in [0.2, 0.25) is 0 Å². The third-order valence-electron chi connectivity index (χ3n) is 11.0. The minimum absolute atomic E-state index is 0.0375. The second-order valence-electron chi connectivity index (χ2n) is 16.2. The molecule has 13 nitrogen and oxygen atoms in total. The first-order valence-electron chi connectivity index (χ1n) is 19.3. The monoisotopic (exact) mass is 805 g/mol. The standard InChI is InChI=1S/C39H50F3N5O8S/c1-23(2)21-54-36(51)44-29-14-9-7-5-6-8-10-18-37(4,35(50)46-56(52,53)25-15-16-25)45-33(48)30-20-38(22-47(30)34(29)49)19-17-27-26-12-11-13-28(39(40,41)42)31(26)43-24(3)32(27)55-38/h8,10-13,23,25,29-30H,5-7,9,14-22H2,1-4H3,(H,44,51)(H,45,48)(H,46,50). The van der Waals surface area contributed by atoms with Gasteiger partial charge < -0.3 is 25.0 Å².